The molecule has 0 aromatic heterocycles. The zero-order chi connectivity index (χ0) is 17.6. The number of rotatable bonds is 7. The third-order valence-corrected chi connectivity index (χ3v) is 4.03. The Bertz CT molecular complexity index is 670. The molecule has 0 fully saturated rings. The van der Waals surface area contributed by atoms with Crippen LogP contribution in [0.15, 0.2) is 54.6 Å². The van der Waals surface area contributed by atoms with Gasteiger partial charge >= 0.3 is 0 Å². The lowest BCUT2D eigenvalue weighted by Gasteiger charge is -2.29. The minimum atomic E-state index is -0.569. The first-order valence-electron chi connectivity index (χ1n) is 8.18. The Labute approximate surface area is 149 Å². The van der Waals surface area contributed by atoms with Gasteiger partial charge in [-0.15, -0.1) is 0 Å². The fourth-order valence-corrected chi connectivity index (χ4v) is 2.76. The molecule has 0 aliphatic rings. The normalized spacial score (nSPS) is 12.5. The number of carbonyl (C=O) groups excluding carboxylic acids is 1. The molecule has 128 valence electrons. The Morgan fingerprint density at radius 3 is 2.38 bits per heavy atom. The summed E-state index contributed by atoms with van der Waals surface area (Å²) in [6.07, 6.45) is 0.751. The molecule has 1 amide bonds. The van der Waals surface area contributed by atoms with Crippen LogP contribution in [0, 0.1) is 0 Å². The van der Waals surface area contributed by atoms with Crippen molar-refractivity contribution in [2.75, 3.05) is 0 Å². The Morgan fingerprint density at radius 1 is 1.12 bits per heavy atom. The summed E-state index contributed by atoms with van der Waals surface area (Å²) in [7, 11) is 0. The summed E-state index contributed by atoms with van der Waals surface area (Å²) in [5.74, 6) is 0.403. The predicted octanol–water partition coefficient (Wildman–Crippen LogP) is 4.63. The predicted molar refractivity (Wildman–Crippen MR) is 98.5 cm³/mol. The van der Waals surface area contributed by atoms with Crippen LogP contribution in [0.4, 0.5) is 0 Å². The van der Waals surface area contributed by atoms with Crippen LogP contribution < -0.4 is 10.1 Å². The average molecular weight is 346 g/mol. The van der Waals surface area contributed by atoms with E-state index >= 15 is 0 Å². The van der Waals surface area contributed by atoms with Crippen LogP contribution in [0.5, 0.6) is 5.75 Å². The van der Waals surface area contributed by atoms with E-state index in [2.05, 4.69) is 17.4 Å². The second-order valence-corrected chi connectivity index (χ2v) is 6.89. The van der Waals surface area contributed by atoms with Gasteiger partial charge in [0.25, 0.3) is 5.91 Å². The molecule has 0 saturated heterocycles. The van der Waals surface area contributed by atoms with Crippen LogP contribution in [0.1, 0.15) is 32.8 Å². The second-order valence-electron chi connectivity index (χ2n) is 6.48. The van der Waals surface area contributed by atoms with Crippen LogP contribution in [0.2, 0.25) is 5.02 Å². The van der Waals surface area contributed by atoms with Gasteiger partial charge in [0.15, 0.2) is 6.10 Å². The molecule has 1 atom stereocenters. The maximum atomic E-state index is 12.6. The molecule has 2 rings (SSSR count). The van der Waals surface area contributed by atoms with Gasteiger partial charge in [-0.1, -0.05) is 61.0 Å². The highest BCUT2D eigenvalue weighted by Gasteiger charge is 2.26. The molecule has 0 heterocycles. The van der Waals surface area contributed by atoms with Crippen LogP contribution in [0.25, 0.3) is 0 Å². The third kappa shape index (κ3) is 5.27. The molecular weight excluding hydrogens is 322 g/mol. The zero-order valence-electron chi connectivity index (χ0n) is 14.4. The zero-order valence-corrected chi connectivity index (χ0v) is 15.1. The number of ether oxygens (including phenoxy) is 1. The van der Waals surface area contributed by atoms with Crippen molar-refractivity contribution < 1.29 is 9.53 Å². The van der Waals surface area contributed by atoms with E-state index in [1.807, 2.05) is 51.1 Å². The molecule has 2 aromatic rings. The summed E-state index contributed by atoms with van der Waals surface area (Å²) in [4.78, 5) is 12.6. The molecule has 0 radical (unpaired) electrons. The highest BCUT2D eigenvalue weighted by molar-refractivity contribution is 6.32. The summed E-state index contributed by atoms with van der Waals surface area (Å²) in [6, 6.07) is 17.3. The van der Waals surface area contributed by atoms with Crippen LogP contribution in [-0.2, 0) is 11.2 Å². The number of para-hydroxylation sites is 1. The van der Waals surface area contributed by atoms with Crippen molar-refractivity contribution in [1.82, 2.24) is 5.32 Å². The van der Waals surface area contributed by atoms with E-state index in [4.69, 9.17) is 16.3 Å². The quantitative estimate of drug-likeness (QED) is 0.794. The number of halogens is 1. The molecule has 1 N–H and O–H groups in total. The number of hydrogen-bond acceptors (Lipinski definition) is 2. The monoisotopic (exact) mass is 345 g/mol. The summed E-state index contributed by atoms with van der Waals surface area (Å²) >= 11 is 6.11. The van der Waals surface area contributed by atoms with Gasteiger partial charge in [-0.2, -0.15) is 0 Å². The standard InChI is InChI=1S/C20H24ClNO2/c1-4-17(24-18-13-9-8-12-16(18)21)19(23)22-20(2,3)14-15-10-6-5-7-11-15/h5-13,17H,4,14H2,1-3H3,(H,22,23)/t17-/m1/s1. The number of hydrogen-bond donors (Lipinski definition) is 1. The van der Waals surface area contributed by atoms with Gasteiger partial charge in [-0.25, -0.2) is 0 Å². The lowest BCUT2D eigenvalue weighted by molar-refractivity contribution is -0.129. The van der Waals surface area contributed by atoms with Crippen molar-refractivity contribution >= 4 is 17.5 Å². The SMILES string of the molecule is CC[C@@H](Oc1ccccc1Cl)C(=O)NC(C)(C)Cc1ccccc1. The second kappa shape index (κ2) is 8.20. The number of carbonyl (C=O) groups is 1. The highest BCUT2D eigenvalue weighted by atomic mass is 35.5. The van der Waals surface area contributed by atoms with Gasteiger partial charge in [-0.3, -0.25) is 4.79 Å². The largest absolute Gasteiger partial charge is 0.479 e. The summed E-state index contributed by atoms with van der Waals surface area (Å²) in [5.41, 5.74) is 0.818. The van der Waals surface area contributed by atoms with Gasteiger partial charge in [-0.05, 0) is 44.4 Å². The molecule has 3 nitrogen and oxygen atoms in total. The van der Waals surface area contributed by atoms with E-state index < -0.39 is 6.10 Å². The van der Waals surface area contributed by atoms with E-state index in [0.29, 0.717) is 17.2 Å². The number of amides is 1. The summed E-state index contributed by atoms with van der Waals surface area (Å²) in [6.45, 7) is 5.95. The van der Waals surface area contributed by atoms with Crippen molar-refractivity contribution in [2.45, 2.75) is 45.3 Å². The van der Waals surface area contributed by atoms with Crippen molar-refractivity contribution in [2.24, 2.45) is 0 Å². The van der Waals surface area contributed by atoms with E-state index in [9.17, 15) is 4.79 Å². The Balaban J connectivity index is 2.01. The van der Waals surface area contributed by atoms with Crippen molar-refractivity contribution in [3.63, 3.8) is 0 Å². The first kappa shape index (κ1) is 18.3. The minimum absolute atomic E-state index is 0.127. The van der Waals surface area contributed by atoms with Crippen molar-refractivity contribution in [3.05, 3.63) is 65.2 Å². The van der Waals surface area contributed by atoms with Crippen molar-refractivity contribution in [3.8, 4) is 5.75 Å². The van der Waals surface area contributed by atoms with Gasteiger partial charge < -0.3 is 10.1 Å². The molecule has 2 aromatic carbocycles. The summed E-state index contributed by atoms with van der Waals surface area (Å²) in [5, 5.41) is 3.60. The Kier molecular flexibility index (Phi) is 6.27. The van der Waals surface area contributed by atoms with E-state index in [1.165, 1.54) is 5.56 Å². The molecular formula is C20H24ClNO2. The molecule has 0 aliphatic carbocycles. The fraction of sp³-hybridized carbons (Fsp3) is 0.350. The van der Waals surface area contributed by atoms with E-state index in [-0.39, 0.29) is 11.4 Å². The number of nitrogens with one attached hydrogen (secondary N) is 1. The maximum absolute atomic E-state index is 12.6. The Hall–Kier alpha value is -2.00. The first-order chi connectivity index (χ1) is 11.4. The fourth-order valence-electron chi connectivity index (χ4n) is 2.58. The third-order valence-electron chi connectivity index (χ3n) is 3.72. The highest BCUT2D eigenvalue weighted by Crippen LogP contribution is 2.25. The minimum Gasteiger partial charge on any atom is -0.479 e. The van der Waals surface area contributed by atoms with Gasteiger partial charge in [0.05, 0.1) is 5.02 Å². The van der Waals surface area contributed by atoms with Crippen molar-refractivity contribution in [1.29, 1.82) is 0 Å². The van der Waals surface area contributed by atoms with Crippen LogP contribution in [-0.4, -0.2) is 17.6 Å². The van der Waals surface area contributed by atoms with Gasteiger partial charge in [0, 0.05) is 5.54 Å². The lowest BCUT2D eigenvalue weighted by atomic mass is 9.94. The number of benzene rings is 2. The molecule has 0 spiro atoms. The maximum Gasteiger partial charge on any atom is 0.261 e. The van der Waals surface area contributed by atoms with Crippen LogP contribution >= 0.6 is 11.6 Å². The average Bonchev–Trinajstić information content (AvgIpc) is 2.54. The van der Waals surface area contributed by atoms with Gasteiger partial charge in [0.2, 0.25) is 0 Å². The molecule has 0 saturated carbocycles. The molecule has 0 bridgehead atoms. The molecule has 24 heavy (non-hydrogen) atoms. The molecule has 4 heteroatoms. The smallest absolute Gasteiger partial charge is 0.261 e. The van der Waals surface area contributed by atoms with E-state index in [0.717, 1.165) is 6.42 Å². The first-order valence-corrected chi connectivity index (χ1v) is 8.56. The Morgan fingerprint density at radius 2 is 1.75 bits per heavy atom. The molecule has 0 unspecified atom stereocenters. The van der Waals surface area contributed by atoms with Gasteiger partial charge in [0.1, 0.15) is 5.75 Å². The van der Waals surface area contributed by atoms with Crippen LogP contribution in [0.3, 0.4) is 0 Å². The topological polar surface area (TPSA) is 38.3 Å². The van der Waals surface area contributed by atoms with E-state index in [1.54, 1.807) is 12.1 Å². The summed E-state index contributed by atoms with van der Waals surface area (Å²) < 4.78 is 5.81. The molecule has 0 aliphatic heterocycles. The lowest BCUT2D eigenvalue weighted by Crippen LogP contribution is -2.50.